The molecule has 0 aliphatic carbocycles. The van der Waals surface area contributed by atoms with E-state index in [0.717, 1.165) is 6.42 Å². The van der Waals surface area contributed by atoms with Gasteiger partial charge in [0.05, 0.1) is 5.02 Å². The Morgan fingerprint density at radius 1 is 1.11 bits per heavy atom. The zero-order valence-electron chi connectivity index (χ0n) is 15.8. The van der Waals surface area contributed by atoms with Crippen LogP contribution in [0.1, 0.15) is 43.0 Å². The molecule has 28 heavy (non-hydrogen) atoms. The summed E-state index contributed by atoms with van der Waals surface area (Å²) in [7, 11) is 0. The third-order valence-electron chi connectivity index (χ3n) is 3.75. The maximum absolute atomic E-state index is 12.3. The summed E-state index contributed by atoms with van der Waals surface area (Å²) >= 11 is 12.4. The standard InChI is InChI=1S/C19H25Cl2N3O4/c1-3-6-12(2)18(26)13-7-8-14(17(21)16(13)20)28-11-15(25)23-9-4-5-10-24-19(22)27/h7-8H,2-6,9-11H2,1H3,(H,23,25)(H3,22,24,27). The van der Waals surface area contributed by atoms with E-state index in [0.29, 0.717) is 37.9 Å². The van der Waals surface area contributed by atoms with Crippen molar-refractivity contribution >= 4 is 40.9 Å². The molecule has 9 heteroatoms. The summed E-state index contributed by atoms with van der Waals surface area (Å²) < 4.78 is 5.40. The molecule has 1 aromatic carbocycles. The Morgan fingerprint density at radius 2 is 1.75 bits per heavy atom. The Bertz CT molecular complexity index is 738. The van der Waals surface area contributed by atoms with Crippen molar-refractivity contribution in [3.63, 3.8) is 0 Å². The molecule has 3 amide bonds. The van der Waals surface area contributed by atoms with E-state index in [-0.39, 0.29) is 39.7 Å². The molecule has 0 unspecified atom stereocenters. The second kappa shape index (κ2) is 12.3. The molecule has 0 atom stereocenters. The number of allylic oxidation sites excluding steroid dienone is 1. The van der Waals surface area contributed by atoms with Crippen molar-refractivity contribution in [2.24, 2.45) is 5.73 Å². The summed E-state index contributed by atoms with van der Waals surface area (Å²) in [5.74, 6) is -0.375. The van der Waals surface area contributed by atoms with Gasteiger partial charge in [0.2, 0.25) is 0 Å². The van der Waals surface area contributed by atoms with E-state index in [4.69, 9.17) is 33.7 Å². The minimum absolute atomic E-state index is 0.0714. The summed E-state index contributed by atoms with van der Waals surface area (Å²) in [6.45, 7) is 6.36. The summed E-state index contributed by atoms with van der Waals surface area (Å²) in [6, 6.07) is 2.44. The molecule has 0 saturated heterocycles. The molecule has 0 spiro atoms. The molecule has 0 bridgehead atoms. The highest BCUT2D eigenvalue weighted by Gasteiger charge is 2.18. The van der Waals surface area contributed by atoms with Gasteiger partial charge in [0, 0.05) is 18.7 Å². The van der Waals surface area contributed by atoms with Gasteiger partial charge in [-0.2, -0.15) is 0 Å². The lowest BCUT2D eigenvalue weighted by Gasteiger charge is -2.12. The highest BCUT2D eigenvalue weighted by atomic mass is 35.5. The first-order valence-corrected chi connectivity index (χ1v) is 9.66. The van der Waals surface area contributed by atoms with Gasteiger partial charge in [0.15, 0.2) is 12.4 Å². The maximum atomic E-state index is 12.3. The van der Waals surface area contributed by atoms with Crippen molar-refractivity contribution in [1.82, 2.24) is 10.6 Å². The number of Topliss-reactive ketones (excluding diaryl/α,β-unsaturated/α-hetero) is 1. The summed E-state index contributed by atoms with van der Waals surface area (Å²) in [4.78, 5) is 34.7. The zero-order chi connectivity index (χ0) is 21.1. The highest BCUT2D eigenvalue weighted by Crippen LogP contribution is 2.35. The van der Waals surface area contributed by atoms with E-state index in [1.807, 2.05) is 6.92 Å². The Balaban J connectivity index is 2.51. The molecule has 0 heterocycles. The molecule has 0 aliphatic rings. The number of primary amides is 1. The second-order valence-electron chi connectivity index (χ2n) is 6.06. The number of hydrogen-bond acceptors (Lipinski definition) is 4. The molecule has 0 aromatic heterocycles. The van der Waals surface area contributed by atoms with Gasteiger partial charge in [-0.05, 0) is 37.0 Å². The number of urea groups is 1. The van der Waals surface area contributed by atoms with Crippen LogP contribution in [0.25, 0.3) is 0 Å². The van der Waals surface area contributed by atoms with Crippen LogP contribution < -0.4 is 21.1 Å². The van der Waals surface area contributed by atoms with Crippen LogP contribution in [0.5, 0.6) is 5.75 Å². The minimum Gasteiger partial charge on any atom is -0.482 e. The van der Waals surface area contributed by atoms with Gasteiger partial charge in [-0.25, -0.2) is 4.79 Å². The third-order valence-corrected chi connectivity index (χ3v) is 4.61. The Morgan fingerprint density at radius 3 is 2.36 bits per heavy atom. The number of ether oxygens (including phenoxy) is 1. The molecule has 0 aliphatic heterocycles. The first kappa shape index (κ1) is 23.8. The van der Waals surface area contributed by atoms with Crippen LogP contribution in [0.4, 0.5) is 4.79 Å². The van der Waals surface area contributed by atoms with E-state index >= 15 is 0 Å². The van der Waals surface area contributed by atoms with Crippen LogP contribution in [0.2, 0.25) is 10.0 Å². The molecule has 154 valence electrons. The number of carbonyl (C=O) groups is 3. The molecule has 1 aromatic rings. The van der Waals surface area contributed by atoms with Gasteiger partial charge >= 0.3 is 6.03 Å². The Kier molecular flexibility index (Phi) is 10.4. The summed E-state index contributed by atoms with van der Waals surface area (Å²) in [6.07, 6.45) is 2.74. The number of carbonyl (C=O) groups excluding carboxylic acids is 3. The predicted molar refractivity (Wildman–Crippen MR) is 110 cm³/mol. The van der Waals surface area contributed by atoms with Gasteiger partial charge in [0.25, 0.3) is 5.91 Å². The fraction of sp³-hybridized carbons (Fsp3) is 0.421. The van der Waals surface area contributed by atoms with Crippen LogP contribution in [-0.4, -0.2) is 37.4 Å². The van der Waals surface area contributed by atoms with Crippen molar-refractivity contribution in [2.75, 3.05) is 19.7 Å². The summed E-state index contributed by atoms with van der Waals surface area (Å²) in [5.41, 5.74) is 5.66. The van der Waals surface area contributed by atoms with Gasteiger partial charge in [-0.15, -0.1) is 0 Å². The van der Waals surface area contributed by atoms with Gasteiger partial charge < -0.3 is 21.1 Å². The van der Waals surface area contributed by atoms with Crippen LogP contribution in [0, 0.1) is 0 Å². The Hall–Kier alpha value is -2.25. The molecule has 1 rings (SSSR count). The first-order valence-electron chi connectivity index (χ1n) is 8.91. The van der Waals surface area contributed by atoms with Gasteiger partial charge in [-0.1, -0.05) is 43.1 Å². The second-order valence-corrected chi connectivity index (χ2v) is 6.81. The molecule has 4 N–H and O–H groups in total. The quantitative estimate of drug-likeness (QED) is 0.268. The topological polar surface area (TPSA) is 111 Å². The average Bonchev–Trinajstić information content (AvgIpc) is 2.65. The highest BCUT2D eigenvalue weighted by molar-refractivity contribution is 6.45. The smallest absolute Gasteiger partial charge is 0.312 e. The SMILES string of the molecule is C=C(CCC)C(=O)c1ccc(OCC(=O)NCCCCNC(N)=O)c(Cl)c1Cl. The maximum Gasteiger partial charge on any atom is 0.312 e. The number of ketones is 1. The molecular weight excluding hydrogens is 405 g/mol. The summed E-state index contributed by atoms with van der Waals surface area (Å²) in [5, 5.41) is 5.29. The van der Waals surface area contributed by atoms with E-state index < -0.39 is 6.03 Å². The lowest BCUT2D eigenvalue weighted by molar-refractivity contribution is -0.123. The number of nitrogens with one attached hydrogen (secondary N) is 2. The molecular formula is C19H25Cl2N3O4. The number of unbranched alkanes of at least 4 members (excludes halogenated alkanes) is 1. The number of amides is 3. The largest absolute Gasteiger partial charge is 0.482 e. The first-order chi connectivity index (χ1) is 13.3. The van der Waals surface area contributed by atoms with Crippen LogP contribution in [0.15, 0.2) is 24.3 Å². The monoisotopic (exact) mass is 429 g/mol. The molecule has 0 fully saturated rings. The van der Waals surface area contributed by atoms with Crippen LogP contribution in [0.3, 0.4) is 0 Å². The van der Waals surface area contributed by atoms with Crippen molar-refractivity contribution in [3.05, 3.63) is 39.9 Å². The number of nitrogens with two attached hydrogens (primary N) is 1. The fourth-order valence-electron chi connectivity index (χ4n) is 2.31. The average molecular weight is 430 g/mol. The lowest BCUT2D eigenvalue weighted by atomic mass is 10.0. The van der Waals surface area contributed by atoms with Crippen molar-refractivity contribution in [2.45, 2.75) is 32.6 Å². The number of rotatable bonds is 12. The van der Waals surface area contributed by atoms with Crippen molar-refractivity contribution < 1.29 is 19.1 Å². The van der Waals surface area contributed by atoms with Gasteiger partial charge in [0.1, 0.15) is 10.8 Å². The van der Waals surface area contributed by atoms with Crippen molar-refractivity contribution in [1.29, 1.82) is 0 Å². The number of benzene rings is 1. The molecule has 0 radical (unpaired) electrons. The van der Waals surface area contributed by atoms with E-state index in [2.05, 4.69) is 17.2 Å². The molecule has 7 nitrogen and oxygen atoms in total. The predicted octanol–water partition coefficient (Wildman–Crippen LogP) is 3.48. The minimum atomic E-state index is -0.574. The Labute approximate surface area is 174 Å². The number of halogens is 2. The van der Waals surface area contributed by atoms with E-state index in [9.17, 15) is 14.4 Å². The zero-order valence-corrected chi connectivity index (χ0v) is 17.3. The van der Waals surface area contributed by atoms with Gasteiger partial charge in [-0.3, -0.25) is 9.59 Å². The van der Waals surface area contributed by atoms with Crippen LogP contribution in [-0.2, 0) is 4.79 Å². The van der Waals surface area contributed by atoms with E-state index in [1.165, 1.54) is 12.1 Å². The lowest BCUT2D eigenvalue weighted by Crippen LogP contribution is -2.32. The normalized spacial score (nSPS) is 10.2. The van der Waals surface area contributed by atoms with Crippen LogP contribution >= 0.6 is 23.2 Å². The van der Waals surface area contributed by atoms with Crippen molar-refractivity contribution in [3.8, 4) is 5.75 Å². The fourth-order valence-corrected chi connectivity index (χ4v) is 2.77. The number of hydrogen-bond donors (Lipinski definition) is 3. The third kappa shape index (κ3) is 7.78. The van der Waals surface area contributed by atoms with E-state index in [1.54, 1.807) is 0 Å². The molecule has 0 saturated carbocycles.